The first kappa shape index (κ1) is 9.77. The van der Waals surface area contributed by atoms with Crippen molar-refractivity contribution in [3.05, 3.63) is 0 Å². The van der Waals surface area contributed by atoms with Crippen LogP contribution in [0.15, 0.2) is 0 Å². The highest BCUT2D eigenvalue weighted by Crippen LogP contribution is 2.22. The molecule has 0 spiro atoms. The van der Waals surface area contributed by atoms with Crippen molar-refractivity contribution in [1.82, 2.24) is 15.5 Å². The van der Waals surface area contributed by atoms with Gasteiger partial charge in [-0.3, -0.25) is 4.90 Å². The van der Waals surface area contributed by atoms with Gasteiger partial charge in [0, 0.05) is 18.6 Å². The van der Waals surface area contributed by atoms with E-state index in [0.29, 0.717) is 12.1 Å². The van der Waals surface area contributed by atoms with Crippen LogP contribution >= 0.6 is 0 Å². The van der Waals surface area contributed by atoms with E-state index < -0.39 is 0 Å². The fourth-order valence-electron chi connectivity index (χ4n) is 2.26. The van der Waals surface area contributed by atoms with Crippen LogP contribution in [0.25, 0.3) is 0 Å². The number of hydrogen-bond donors (Lipinski definition) is 2. The van der Waals surface area contributed by atoms with Gasteiger partial charge >= 0.3 is 6.03 Å². The van der Waals surface area contributed by atoms with Crippen LogP contribution in [-0.2, 0) is 0 Å². The van der Waals surface area contributed by atoms with Crippen molar-refractivity contribution < 1.29 is 4.79 Å². The normalized spacial score (nSPS) is 33.5. The minimum Gasteiger partial charge on any atom is -0.333 e. The molecule has 80 valence electrons. The van der Waals surface area contributed by atoms with E-state index in [4.69, 9.17) is 0 Å². The second kappa shape index (κ2) is 3.12. The molecule has 4 nitrogen and oxygen atoms in total. The number of piperidine rings is 1. The molecule has 2 N–H and O–H groups in total. The zero-order valence-electron chi connectivity index (χ0n) is 9.13. The van der Waals surface area contributed by atoms with Crippen molar-refractivity contribution in [2.24, 2.45) is 0 Å². The lowest BCUT2D eigenvalue weighted by atomic mass is 9.95. The first-order valence-corrected chi connectivity index (χ1v) is 5.29. The number of carbonyl (C=O) groups excluding carboxylic acids is 1. The van der Waals surface area contributed by atoms with E-state index in [0.717, 1.165) is 19.5 Å². The molecule has 2 unspecified atom stereocenters. The third kappa shape index (κ3) is 1.71. The smallest absolute Gasteiger partial charge is 0.315 e. The molecule has 0 aromatic heterocycles. The van der Waals surface area contributed by atoms with E-state index in [1.807, 2.05) is 0 Å². The van der Waals surface area contributed by atoms with Crippen molar-refractivity contribution in [3.63, 3.8) is 0 Å². The van der Waals surface area contributed by atoms with Crippen LogP contribution < -0.4 is 10.6 Å². The molecule has 2 atom stereocenters. The molecular weight excluding hydrogens is 178 g/mol. The average Bonchev–Trinajstić information content (AvgIpc) is 2.41. The second-order valence-corrected chi connectivity index (χ2v) is 5.24. The van der Waals surface area contributed by atoms with Crippen LogP contribution in [0, 0.1) is 0 Å². The molecule has 4 heteroatoms. The van der Waals surface area contributed by atoms with Gasteiger partial charge in [-0.15, -0.1) is 0 Å². The van der Waals surface area contributed by atoms with E-state index >= 15 is 0 Å². The van der Waals surface area contributed by atoms with Crippen LogP contribution in [0.2, 0.25) is 0 Å². The Labute approximate surface area is 85.0 Å². The van der Waals surface area contributed by atoms with Gasteiger partial charge in [-0.2, -0.15) is 0 Å². The summed E-state index contributed by atoms with van der Waals surface area (Å²) in [5.41, 5.74) is 0.207. The Kier molecular flexibility index (Phi) is 2.18. The van der Waals surface area contributed by atoms with Gasteiger partial charge in [0.15, 0.2) is 0 Å². The molecule has 2 aliphatic heterocycles. The minimum atomic E-state index is -0.00393. The highest BCUT2D eigenvalue weighted by atomic mass is 16.2. The number of nitrogens with zero attached hydrogens (tertiary/aromatic N) is 1. The predicted octanol–water partition coefficient (Wildman–Crippen LogP) is 0.541. The summed E-state index contributed by atoms with van der Waals surface area (Å²) in [6, 6.07) is 0.646. The van der Waals surface area contributed by atoms with Crippen LogP contribution in [0.4, 0.5) is 4.79 Å². The summed E-state index contributed by atoms with van der Waals surface area (Å²) < 4.78 is 0. The van der Waals surface area contributed by atoms with Crippen molar-refractivity contribution in [3.8, 4) is 0 Å². The number of nitrogens with one attached hydrogen (secondary N) is 2. The molecule has 0 bridgehead atoms. The molecule has 0 radical (unpaired) electrons. The molecule has 2 fully saturated rings. The molecule has 2 rings (SSSR count). The van der Waals surface area contributed by atoms with Gasteiger partial charge in [0.05, 0.1) is 12.1 Å². The Morgan fingerprint density at radius 3 is 2.57 bits per heavy atom. The molecule has 0 aromatic rings. The lowest BCUT2D eigenvalue weighted by Gasteiger charge is -2.42. The van der Waals surface area contributed by atoms with Crippen LogP contribution in [0.5, 0.6) is 0 Å². The summed E-state index contributed by atoms with van der Waals surface area (Å²) in [4.78, 5) is 13.6. The largest absolute Gasteiger partial charge is 0.333 e. The Hall–Kier alpha value is -0.770. The predicted molar refractivity (Wildman–Crippen MR) is 55.2 cm³/mol. The SMILES string of the molecule is CC(C)(C)N1CCC2NC(=O)NC2C1. The molecule has 2 amide bonds. The standard InChI is InChI=1S/C10H19N3O/c1-10(2,3)13-5-4-7-8(6-13)12-9(14)11-7/h7-8H,4-6H2,1-3H3,(H2,11,12,14). The monoisotopic (exact) mass is 197 g/mol. The van der Waals surface area contributed by atoms with Crippen LogP contribution in [-0.4, -0.2) is 41.6 Å². The average molecular weight is 197 g/mol. The van der Waals surface area contributed by atoms with Gasteiger partial charge in [-0.05, 0) is 27.2 Å². The Morgan fingerprint density at radius 1 is 1.29 bits per heavy atom. The number of likely N-dealkylation sites (tertiary alicyclic amines) is 1. The van der Waals surface area contributed by atoms with Crippen molar-refractivity contribution in [2.45, 2.75) is 44.8 Å². The Morgan fingerprint density at radius 2 is 1.93 bits per heavy atom. The summed E-state index contributed by atoms with van der Waals surface area (Å²) in [5.74, 6) is 0. The Balaban J connectivity index is 2.01. The molecule has 14 heavy (non-hydrogen) atoms. The number of urea groups is 1. The molecule has 2 aliphatic rings. The van der Waals surface area contributed by atoms with E-state index in [2.05, 4.69) is 36.3 Å². The maximum absolute atomic E-state index is 11.1. The van der Waals surface area contributed by atoms with Gasteiger partial charge in [-0.25, -0.2) is 4.79 Å². The number of amides is 2. The summed E-state index contributed by atoms with van der Waals surface area (Å²) in [6.07, 6.45) is 1.06. The highest BCUT2D eigenvalue weighted by molar-refractivity contribution is 5.77. The fourth-order valence-corrected chi connectivity index (χ4v) is 2.26. The third-order valence-electron chi connectivity index (χ3n) is 3.19. The second-order valence-electron chi connectivity index (χ2n) is 5.24. The van der Waals surface area contributed by atoms with E-state index in [9.17, 15) is 4.79 Å². The zero-order chi connectivity index (χ0) is 10.3. The molecule has 0 saturated carbocycles. The minimum absolute atomic E-state index is 0.00393. The summed E-state index contributed by atoms with van der Waals surface area (Å²) in [6.45, 7) is 8.70. The van der Waals surface area contributed by atoms with Crippen molar-refractivity contribution in [2.75, 3.05) is 13.1 Å². The lowest BCUT2D eigenvalue weighted by Crippen LogP contribution is -2.56. The van der Waals surface area contributed by atoms with E-state index in [1.54, 1.807) is 0 Å². The quantitative estimate of drug-likeness (QED) is 0.595. The molecule has 2 saturated heterocycles. The lowest BCUT2D eigenvalue weighted by molar-refractivity contribution is 0.0891. The third-order valence-corrected chi connectivity index (χ3v) is 3.19. The highest BCUT2D eigenvalue weighted by Gasteiger charge is 2.38. The van der Waals surface area contributed by atoms with Crippen molar-refractivity contribution in [1.29, 1.82) is 0 Å². The molecule has 0 aliphatic carbocycles. The van der Waals surface area contributed by atoms with Crippen molar-refractivity contribution >= 4 is 6.03 Å². The van der Waals surface area contributed by atoms with Gasteiger partial charge in [0.25, 0.3) is 0 Å². The number of rotatable bonds is 0. The van der Waals surface area contributed by atoms with Crippen LogP contribution in [0.3, 0.4) is 0 Å². The Bertz CT molecular complexity index is 246. The molecule has 2 heterocycles. The van der Waals surface area contributed by atoms with Gasteiger partial charge < -0.3 is 10.6 Å². The van der Waals surface area contributed by atoms with E-state index in [1.165, 1.54) is 0 Å². The van der Waals surface area contributed by atoms with Gasteiger partial charge in [0.1, 0.15) is 0 Å². The van der Waals surface area contributed by atoms with E-state index in [-0.39, 0.29) is 11.6 Å². The van der Waals surface area contributed by atoms with Crippen LogP contribution in [0.1, 0.15) is 27.2 Å². The maximum atomic E-state index is 11.1. The maximum Gasteiger partial charge on any atom is 0.315 e. The number of hydrogen-bond acceptors (Lipinski definition) is 2. The summed E-state index contributed by atoms with van der Waals surface area (Å²) in [7, 11) is 0. The summed E-state index contributed by atoms with van der Waals surface area (Å²) >= 11 is 0. The zero-order valence-corrected chi connectivity index (χ0v) is 9.13. The fraction of sp³-hybridized carbons (Fsp3) is 0.900. The molecular formula is C10H19N3O. The number of fused-ring (bicyclic) bond motifs is 1. The van der Waals surface area contributed by atoms with Gasteiger partial charge in [0.2, 0.25) is 0 Å². The molecule has 0 aromatic carbocycles. The summed E-state index contributed by atoms with van der Waals surface area (Å²) in [5, 5.41) is 5.92. The first-order chi connectivity index (χ1) is 6.47. The van der Waals surface area contributed by atoms with Gasteiger partial charge in [-0.1, -0.05) is 0 Å². The topological polar surface area (TPSA) is 44.4 Å². The first-order valence-electron chi connectivity index (χ1n) is 5.29. The number of carbonyl (C=O) groups is 1.